The van der Waals surface area contributed by atoms with Gasteiger partial charge in [-0.15, -0.1) is 0 Å². The number of hydrogen-bond acceptors (Lipinski definition) is 6. The molecule has 0 N–H and O–H groups in total. The lowest BCUT2D eigenvalue weighted by Gasteiger charge is -2.18. The molecule has 0 saturated carbocycles. The average molecular weight is 984 g/mol. The summed E-state index contributed by atoms with van der Waals surface area (Å²) in [6, 6.07) is 0. The minimum absolute atomic E-state index is 0.0709. The topological polar surface area (TPSA) is 78.9 Å². The Hall–Kier alpha value is -2.37. The minimum atomic E-state index is -0.772. The smallest absolute Gasteiger partial charge is 0.306 e. The van der Waals surface area contributed by atoms with E-state index in [-0.39, 0.29) is 31.1 Å². The molecule has 0 aromatic heterocycles. The van der Waals surface area contributed by atoms with Gasteiger partial charge in [0.25, 0.3) is 0 Å². The summed E-state index contributed by atoms with van der Waals surface area (Å²) in [6.07, 6.45) is 71.5. The Kier molecular flexibility index (Phi) is 57.2. The third-order valence-corrected chi connectivity index (χ3v) is 13.9. The molecule has 0 aliphatic rings. The van der Waals surface area contributed by atoms with Crippen molar-refractivity contribution in [2.75, 3.05) is 13.2 Å². The first kappa shape index (κ1) is 67.6. The van der Waals surface area contributed by atoms with Gasteiger partial charge in [0.2, 0.25) is 0 Å². The van der Waals surface area contributed by atoms with Gasteiger partial charge in [-0.05, 0) is 77.0 Å². The van der Waals surface area contributed by atoms with Gasteiger partial charge in [-0.25, -0.2) is 0 Å². The first-order valence-electron chi connectivity index (χ1n) is 31.0. The number of unbranched alkanes of at least 4 members (excludes halogenated alkanes) is 40. The van der Waals surface area contributed by atoms with Crippen LogP contribution in [0.15, 0.2) is 36.5 Å². The van der Waals surface area contributed by atoms with E-state index in [9.17, 15) is 14.4 Å². The van der Waals surface area contributed by atoms with Gasteiger partial charge in [0.05, 0.1) is 0 Å². The molecule has 0 radical (unpaired) electrons. The Morgan fingerprint density at radius 1 is 0.286 bits per heavy atom. The van der Waals surface area contributed by atoms with Crippen molar-refractivity contribution >= 4 is 17.9 Å². The van der Waals surface area contributed by atoms with Gasteiger partial charge < -0.3 is 14.2 Å². The second-order valence-corrected chi connectivity index (χ2v) is 21.0. The van der Waals surface area contributed by atoms with Gasteiger partial charge in [0, 0.05) is 19.3 Å². The van der Waals surface area contributed by atoms with Crippen molar-refractivity contribution in [3.63, 3.8) is 0 Å². The van der Waals surface area contributed by atoms with Crippen LogP contribution in [0.3, 0.4) is 0 Å². The predicted molar refractivity (Wildman–Crippen MR) is 302 cm³/mol. The molecule has 0 aromatic carbocycles. The van der Waals surface area contributed by atoms with Crippen LogP contribution in [0.5, 0.6) is 0 Å². The maximum atomic E-state index is 12.8. The van der Waals surface area contributed by atoms with Crippen molar-refractivity contribution in [2.45, 2.75) is 341 Å². The molecule has 410 valence electrons. The molecule has 0 aliphatic carbocycles. The maximum Gasteiger partial charge on any atom is 0.306 e. The molecule has 1 atom stereocenters. The number of carbonyl (C=O) groups excluding carboxylic acids is 3. The Morgan fingerprint density at radius 2 is 0.514 bits per heavy atom. The lowest BCUT2D eigenvalue weighted by molar-refractivity contribution is -0.167. The Morgan fingerprint density at radius 3 is 0.814 bits per heavy atom. The van der Waals surface area contributed by atoms with Crippen molar-refractivity contribution in [1.82, 2.24) is 0 Å². The van der Waals surface area contributed by atoms with Crippen molar-refractivity contribution in [3.8, 4) is 0 Å². The van der Waals surface area contributed by atoms with Crippen LogP contribution in [0, 0.1) is 0 Å². The predicted octanol–water partition coefficient (Wildman–Crippen LogP) is 20.8. The van der Waals surface area contributed by atoms with E-state index in [4.69, 9.17) is 14.2 Å². The highest BCUT2D eigenvalue weighted by atomic mass is 16.6. The molecule has 0 amide bonds. The van der Waals surface area contributed by atoms with Gasteiger partial charge in [0.15, 0.2) is 6.10 Å². The number of allylic oxidation sites excluding steroid dienone is 6. The molecule has 0 spiro atoms. The fourth-order valence-corrected chi connectivity index (χ4v) is 9.18. The summed E-state index contributed by atoms with van der Waals surface area (Å²) < 4.78 is 16.9. The van der Waals surface area contributed by atoms with Crippen LogP contribution in [0.25, 0.3) is 0 Å². The van der Waals surface area contributed by atoms with Crippen molar-refractivity contribution in [3.05, 3.63) is 36.5 Å². The molecular weight excluding hydrogens is 865 g/mol. The molecule has 0 bridgehead atoms. The second-order valence-electron chi connectivity index (χ2n) is 21.0. The van der Waals surface area contributed by atoms with E-state index in [0.717, 1.165) is 70.6 Å². The number of rotatable bonds is 57. The maximum absolute atomic E-state index is 12.8. The third-order valence-electron chi connectivity index (χ3n) is 13.9. The summed E-state index contributed by atoms with van der Waals surface area (Å²) >= 11 is 0. The quantitative estimate of drug-likeness (QED) is 0.0261. The fraction of sp³-hybridized carbons (Fsp3) is 0.859. The Labute approximate surface area is 435 Å². The summed E-state index contributed by atoms with van der Waals surface area (Å²) in [5.74, 6) is -0.861. The molecule has 0 fully saturated rings. The third kappa shape index (κ3) is 56.5. The van der Waals surface area contributed by atoms with Crippen LogP contribution in [0.2, 0.25) is 0 Å². The van der Waals surface area contributed by atoms with E-state index in [1.807, 2.05) is 0 Å². The zero-order valence-corrected chi connectivity index (χ0v) is 47.1. The van der Waals surface area contributed by atoms with Gasteiger partial charge in [-0.1, -0.05) is 276 Å². The molecule has 0 aliphatic heterocycles. The lowest BCUT2D eigenvalue weighted by atomic mass is 10.0. The van der Waals surface area contributed by atoms with Crippen molar-refractivity contribution in [1.29, 1.82) is 0 Å². The van der Waals surface area contributed by atoms with Crippen molar-refractivity contribution < 1.29 is 28.6 Å². The molecule has 0 heterocycles. The molecule has 0 saturated heterocycles. The van der Waals surface area contributed by atoms with E-state index in [0.29, 0.717) is 19.3 Å². The van der Waals surface area contributed by atoms with Crippen LogP contribution in [0.1, 0.15) is 335 Å². The van der Waals surface area contributed by atoms with E-state index in [1.165, 1.54) is 225 Å². The summed E-state index contributed by atoms with van der Waals surface area (Å²) in [4.78, 5) is 38.1. The Bertz CT molecular complexity index is 1170. The van der Waals surface area contributed by atoms with Crippen LogP contribution >= 0.6 is 0 Å². The summed E-state index contributed by atoms with van der Waals surface area (Å²) in [5.41, 5.74) is 0. The minimum Gasteiger partial charge on any atom is -0.462 e. The highest BCUT2D eigenvalue weighted by molar-refractivity contribution is 5.71. The highest BCUT2D eigenvalue weighted by Crippen LogP contribution is 2.17. The van der Waals surface area contributed by atoms with Gasteiger partial charge in [0.1, 0.15) is 13.2 Å². The monoisotopic (exact) mass is 983 g/mol. The molecule has 6 heteroatoms. The molecular formula is C64H118O6. The first-order chi connectivity index (χ1) is 34.5. The largest absolute Gasteiger partial charge is 0.462 e. The zero-order chi connectivity index (χ0) is 50.7. The fourth-order valence-electron chi connectivity index (χ4n) is 9.18. The van der Waals surface area contributed by atoms with E-state index in [1.54, 1.807) is 0 Å². The van der Waals surface area contributed by atoms with E-state index >= 15 is 0 Å². The second kappa shape index (κ2) is 59.2. The standard InChI is InChI=1S/C64H118O6/c1-4-7-10-13-16-19-22-25-26-27-28-29-30-31-32-33-34-35-36-37-38-40-42-45-48-51-54-57-63(66)69-60-61(59-68-62(65)56-53-50-47-44-41-24-21-18-15-12-9-6-3)70-64(67)58-55-52-49-46-43-39-23-20-17-14-11-8-5-2/h20,22-23,25,27-28,61H,4-19,21,24,26,29-60H2,1-3H3/b23-20-,25-22-,28-27-. The zero-order valence-electron chi connectivity index (χ0n) is 47.1. The summed E-state index contributed by atoms with van der Waals surface area (Å²) in [5, 5.41) is 0. The lowest BCUT2D eigenvalue weighted by Crippen LogP contribution is -2.30. The average Bonchev–Trinajstić information content (AvgIpc) is 3.36. The number of esters is 3. The van der Waals surface area contributed by atoms with E-state index < -0.39 is 6.10 Å². The van der Waals surface area contributed by atoms with Crippen LogP contribution < -0.4 is 0 Å². The van der Waals surface area contributed by atoms with Crippen LogP contribution in [-0.2, 0) is 28.6 Å². The molecule has 0 aromatic rings. The summed E-state index contributed by atoms with van der Waals surface area (Å²) in [7, 11) is 0. The SMILES string of the molecule is CCCCCC/C=C\CCCCCCCC(=O)OC(COC(=O)CCCCCCCCCCCCCC)COC(=O)CCCCCCCCCCCCCCCCC/C=C\C/C=C\CCCCCCC. The van der Waals surface area contributed by atoms with Crippen LogP contribution in [0.4, 0.5) is 0 Å². The molecule has 70 heavy (non-hydrogen) atoms. The summed E-state index contributed by atoms with van der Waals surface area (Å²) in [6.45, 7) is 6.65. The van der Waals surface area contributed by atoms with Gasteiger partial charge in [-0.3, -0.25) is 14.4 Å². The molecule has 6 nitrogen and oxygen atoms in total. The van der Waals surface area contributed by atoms with Gasteiger partial charge >= 0.3 is 17.9 Å². The Balaban J connectivity index is 4.16. The van der Waals surface area contributed by atoms with E-state index in [2.05, 4.69) is 57.2 Å². The normalized spacial score (nSPS) is 12.2. The van der Waals surface area contributed by atoms with Crippen molar-refractivity contribution in [2.24, 2.45) is 0 Å². The number of hydrogen-bond donors (Lipinski definition) is 0. The first-order valence-corrected chi connectivity index (χ1v) is 31.0. The number of ether oxygens (including phenoxy) is 3. The molecule has 0 rings (SSSR count). The molecule has 1 unspecified atom stereocenters. The van der Waals surface area contributed by atoms with Gasteiger partial charge in [-0.2, -0.15) is 0 Å². The van der Waals surface area contributed by atoms with Crippen LogP contribution in [-0.4, -0.2) is 37.2 Å². The number of carbonyl (C=O) groups is 3. The highest BCUT2D eigenvalue weighted by Gasteiger charge is 2.19.